The Labute approximate surface area is 165 Å². The van der Waals surface area contributed by atoms with Crippen LogP contribution in [0.1, 0.15) is 15.9 Å². The van der Waals surface area contributed by atoms with Gasteiger partial charge in [0.2, 0.25) is 0 Å². The number of nitrogens with one attached hydrogen (secondary N) is 1. The van der Waals surface area contributed by atoms with Gasteiger partial charge in [-0.3, -0.25) is 4.79 Å². The summed E-state index contributed by atoms with van der Waals surface area (Å²) in [6, 6.07) is 16.6. The maximum atomic E-state index is 12.4. The highest BCUT2D eigenvalue weighted by Gasteiger charge is 2.17. The number of anilines is 1. The van der Waals surface area contributed by atoms with Gasteiger partial charge in [-0.1, -0.05) is 30.3 Å². The second-order valence-electron chi connectivity index (χ2n) is 6.01. The number of hydrogen-bond donors (Lipinski definition) is 1. The number of carbonyl (C=O) groups is 2. The van der Waals surface area contributed by atoms with E-state index in [1.165, 1.54) is 7.11 Å². The van der Waals surface area contributed by atoms with E-state index in [-0.39, 0.29) is 5.56 Å². The van der Waals surface area contributed by atoms with E-state index in [1.54, 1.807) is 18.2 Å². The normalized spacial score (nSPS) is 10.5. The highest BCUT2D eigenvalue weighted by molar-refractivity contribution is 9.10. The number of ether oxygens (including phenoxy) is 2. The molecule has 0 bridgehead atoms. The average Bonchev–Trinajstić information content (AvgIpc) is 2.67. The molecule has 6 heteroatoms. The lowest BCUT2D eigenvalue weighted by Crippen LogP contribution is -2.21. The van der Waals surface area contributed by atoms with Crippen molar-refractivity contribution in [2.45, 2.75) is 6.92 Å². The van der Waals surface area contributed by atoms with Gasteiger partial charge in [0.1, 0.15) is 11.3 Å². The minimum absolute atomic E-state index is 0.278. The summed E-state index contributed by atoms with van der Waals surface area (Å²) in [6.45, 7) is 1.56. The highest BCUT2D eigenvalue weighted by Crippen LogP contribution is 2.27. The smallest absolute Gasteiger partial charge is 0.342 e. The van der Waals surface area contributed by atoms with Gasteiger partial charge in [-0.05, 0) is 63.5 Å². The van der Waals surface area contributed by atoms with Crippen molar-refractivity contribution in [3.63, 3.8) is 0 Å². The minimum Gasteiger partial charge on any atom is -0.496 e. The van der Waals surface area contributed by atoms with Crippen LogP contribution < -0.4 is 10.1 Å². The number of halogens is 1. The first-order valence-electron chi connectivity index (χ1n) is 8.28. The molecule has 0 heterocycles. The van der Waals surface area contributed by atoms with Crippen molar-refractivity contribution >= 4 is 44.3 Å². The van der Waals surface area contributed by atoms with Gasteiger partial charge in [0.25, 0.3) is 5.91 Å². The number of amides is 1. The maximum absolute atomic E-state index is 12.4. The molecule has 27 heavy (non-hydrogen) atoms. The summed E-state index contributed by atoms with van der Waals surface area (Å²) in [5, 5.41) is 4.55. The molecule has 0 unspecified atom stereocenters. The molecule has 0 radical (unpaired) electrons. The molecule has 0 aliphatic heterocycles. The summed E-state index contributed by atoms with van der Waals surface area (Å²) in [5.41, 5.74) is 1.96. The van der Waals surface area contributed by atoms with E-state index in [4.69, 9.17) is 9.47 Å². The SMILES string of the molecule is COc1cc2ccccc2cc1C(=O)OCC(=O)Nc1ccc(C)cc1Br. The summed E-state index contributed by atoms with van der Waals surface area (Å²) >= 11 is 3.40. The molecule has 3 rings (SSSR count). The van der Waals surface area contributed by atoms with Crippen LogP contribution in [0.15, 0.2) is 59.1 Å². The van der Waals surface area contributed by atoms with Crippen LogP contribution in [0.2, 0.25) is 0 Å². The molecule has 0 aromatic heterocycles. The van der Waals surface area contributed by atoms with Crippen molar-refractivity contribution in [3.8, 4) is 5.75 Å². The fourth-order valence-electron chi connectivity index (χ4n) is 2.66. The lowest BCUT2D eigenvalue weighted by atomic mass is 10.1. The lowest BCUT2D eigenvalue weighted by molar-refractivity contribution is -0.119. The molecule has 5 nitrogen and oxygen atoms in total. The van der Waals surface area contributed by atoms with Crippen molar-refractivity contribution < 1.29 is 19.1 Å². The second-order valence-corrected chi connectivity index (χ2v) is 6.86. The quantitative estimate of drug-likeness (QED) is 0.598. The summed E-state index contributed by atoms with van der Waals surface area (Å²) in [5.74, 6) is -0.635. The first kappa shape index (κ1) is 18.9. The predicted octanol–water partition coefficient (Wildman–Crippen LogP) is 4.71. The van der Waals surface area contributed by atoms with Gasteiger partial charge in [-0.15, -0.1) is 0 Å². The third kappa shape index (κ3) is 4.46. The largest absolute Gasteiger partial charge is 0.496 e. The molecule has 0 saturated heterocycles. The summed E-state index contributed by atoms with van der Waals surface area (Å²) in [4.78, 5) is 24.6. The Hall–Kier alpha value is -2.86. The first-order valence-corrected chi connectivity index (χ1v) is 9.07. The van der Waals surface area contributed by atoms with Gasteiger partial charge < -0.3 is 14.8 Å². The van der Waals surface area contributed by atoms with E-state index >= 15 is 0 Å². The van der Waals surface area contributed by atoms with Crippen LogP contribution in [-0.4, -0.2) is 25.6 Å². The molecule has 0 atom stereocenters. The molecule has 138 valence electrons. The van der Waals surface area contributed by atoms with Crippen LogP contribution in [0.25, 0.3) is 10.8 Å². The maximum Gasteiger partial charge on any atom is 0.342 e. The zero-order valence-corrected chi connectivity index (χ0v) is 16.5. The molecule has 3 aromatic carbocycles. The number of methoxy groups -OCH3 is 1. The Morgan fingerprint density at radius 1 is 1.04 bits per heavy atom. The summed E-state index contributed by atoms with van der Waals surface area (Å²) in [7, 11) is 1.49. The molecule has 0 saturated carbocycles. The molecule has 1 N–H and O–H groups in total. The monoisotopic (exact) mass is 427 g/mol. The summed E-state index contributed by atoms with van der Waals surface area (Å²) < 4.78 is 11.2. The van der Waals surface area contributed by atoms with E-state index in [2.05, 4.69) is 21.2 Å². The van der Waals surface area contributed by atoms with Crippen molar-refractivity contribution in [2.75, 3.05) is 19.0 Å². The Balaban J connectivity index is 1.70. The van der Waals surface area contributed by atoms with Crippen LogP contribution in [0.3, 0.4) is 0 Å². The molecule has 0 aliphatic rings. The molecular weight excluding hydrogens is 410 g/mol. The van der Waals surface area contributed by atoms with Gasteiger partial charge in [-0.25, -0.2) is 4.79 Å². The Bertz CT molecular complexity index is 1020. The van der Waals surface area contributed by atoms with E-state index in [1.807, 2.05) is 43.3 Å². The van der Waals surface area contributed by atoms with Crippen molar-refractivity contribution in [1.82, 2.24) is 0 Å². The fourth-order valence-corrected chi connectivity index (χ4v) is 3.26. The zero-order valence-electron chi connectivity index (χ0n) is 14.9. The third-order valence-electron chi connectivity index (χ3n) is 4.02. The first-order chi connectivity index (χ1) is 13.0. The Morgan fingerprint density at radius 3 is 2.41 bits per heavy atom. The molecule has 3 aromatic rings. The third-order valence-corrected chi connectivity index (χ3v) is 4.68. The van der Waals surface area contributed by atoms with E-state index in [0.29, 0.717) is 11.4 Å². The summed E-state index contributed by atoms with van der Waals surface area (Å²) in [6.07, 6.45) is 0. The Kier molecular flexibility index (Phi) is 5.76. The second kappa shape index (κ2) is 8.22. The van der Waals surface area contributed by atoms with Crippen LogP contribution in [0.4, 0.5) is 5.69 Å². The number of aryl methyl sites for hydroxylation is 1. The van der Waals surface area contributed by atoms with Crippen molar-refractivity contribution in [1.29, 1.82) is 0 Å². The van der Waals surface area contributed by atoms with E-state index in [9.17, 15) is 9.59 Å². The Morgan fingerprint density at radius 2 is 1.74 bits per heavy atom. The van der Waals surface area contributed by atoms with Gasteiger partial charge in [0, 0.05) is 4.47 Å². The number of esters is 1. The van der Waals surface area contributed by atoms with Gasteiger partial charge in [0.15, 0.2) is 6.61 Å². The molecule has 0 aliphatic carbocycles. The minimum atomic E-state index is -0.615. The van der Waals surface area contributed by atoms with Gasteiger partial charge in [0.05, 0.1) is 12.8 Å². The lowest BCUT2D eigenvalue weighted by Gasteiger charge is -2.11. The number of carbonyl (C=O) groups excluding carboxylic acids is 2. The topological polar surface area (TPSA) is 64.6 Å². The molecule has 0 spiro atoms. The fraction of sp³-hybridized carbons (Fsp3) is 0.143. The highest BCUT2D eigenvalue weighted by atomic mass is 79.9. The molecule has 0 fully saturated rings. The van der Waals surface area contributed by atoms with Crippen LogP contribution >= 0.6 is 15.9 Å². The molecular formula is C21H18BrNO4. The van der Waals surface area contributed by atoms with E-state index < -0.39 is 18.5 Å². The zero-order chi connectivity index (χ0) is 19.4. The van der Waals surface area contributed by atoms with Gasteiger partial charge in [-0.2, -0.15) is 0 Å². The van der Waals surface area contributed by atoms with Crippen molar-refractivity contribution in [3.05, 3.63) is 70.2 Å². The van der Waals surface area contributed by atoms with Crippen LogP contribution in [-0.2, 0) is 9.53 Å². The number of benzene rings is 3. The molecule has 1 amide bonds. The number of rotatable bonds is 5. The van der Waals surface area contributed by atoms with E-state index in [0.717, 1.165) is 20.8 Å². The van der Waals surface area contributed by atoms with Crippen LogP contribution in [0, 0.1) is 6.92 Å². The average molecular weight is 428 g/mol. The van der Waals surface area contributed by atoms with Crippen molar-refractivity contribution in [2.24, 2.45) is 0 Å². The number of fused-ring (bicyclic) bond motifs is 1. The van der Waals surface area contributed by atoms with Gasteiger partial charge >= 0.3 is 5.97 Å². The standard InChI is InChI=1S/C21H18BrNO4/c1-13-7-8-18(17(22)9-13)23-20(24)12-27-21(25)16-10-14-5-3-4-6-15(14)11-19(16)26-2/h3-11H,12H2,1-2H3,(H,23,24). The number of hydrogen-bond acceptors (Lipinski definition) is 4. The van der Waals surface area contributed by atoms with Crippen LogP contribution in [0.5, 0.6) is 5.75 Å². The predicted molar refractivity (Wildman–Crippen MR) is 108 cm³/mol.